The Morgan fingerprint density at radius 3 is 2.95 bits per heavy atom. The standard InChI is InChI=1S/C18H26N2O2/c1-4-5-16(19)11-14-8-9-20(18(14)21)12-15-7-6-13(2)10-17(15)22-3/h4-7,10,14,16H,8-9,11-12,19H2,1-3H3/b5-4+. The van der Waals surface area contributed by atoms with Crippen molar-refractivity contribution < 1.29 is 9.53 Å². The second-order valence-electron chi connectivity index (χ2n) is 5.99. The summed E-state index contributed by atoms with van der Waals surface area (Å²) in [4.78, 5) is 14.4. The summed E-state index contributed by atoms with van der Waals surface area (Å²) in [6.07, 6.45) is 5.51. The number of carbonyl (C=O) groups is 1. The largest absolute Gasteiger partial charge is 0.496 e. The molecule has 0 aliphatic carbocycles. The molecule has 4 heteroatoms. The van der Waals surface area contributed by atoms with Crippen molar-refractivity contribution in [1.29, 1.82) is 0 Å². The number of hydrogen-bond acceptors (Lipinski definition) is 3. The Bertz CT molecular complexity index is 554. The van der Waals surface area contributed by atoms with E-state index in [1.165, 1.54) is 0 Å². The third kappa shape index (κ3) is 3.89. The van der Waals surface area contributed by atoms with Crippen molar-refractivity contribution in [2.45, 2.75) is 39.3 Å². The summed E-state index contributed by atoms with van der Waals surface area (Å²) in [6, 6.07) is 6.07. The highest BCUT2D eigenvalue weighted by Gasteiger charge is 2.32. The minimum atomic E-state index is -0.0344. The molecule has 2 unspecified atom stereocenters. The molecule has 2 N–H and O–H groups in total. The van der Waals surface area contributed by atoms with Crippen molar-refractivity contribution in [2.75, 3.05) is 13.7 Å². The topological polar surface area (TPSA) is 55.6 Å². The van der Waals surface area contributed by atoms with Gasteiger partial charge in [0.05, 0.1) is 7.11 Å². The number of methoxy groups -OCH3 is 1. The molecule has 1 aromatic rings. The van der Waals surface area contributed by atoms with Crippen molar-refractivity contribution in [3.63, 3.8) is 0 Å². The molecule has 0 spiro atoms. The zero-order valence-electron chi connectivity index (χ0n) is 13.7. The van der Waals surface area contributed by atoms with E-state index in [9.17, 15) is 4.79 Å². The maximum atomic E-state index is 12.5. The van der Waals surface area contributed by atoms with Crippen LogP contribution >= 0.6 is 0 Å². The monoisotopic (exact) mass is 302 g/mol. The molecule has 1 fully saturated rings. The van der Waals surface area contributed by atoms with E-state index in [-0.39, 0.29) is 17.9 Å². The predicted octanol–water partition coefficient (Wildman–Crippen LogP) is 2.65. The maximum absolute atomic E-state index is 12.5. The predicted molar refractivity (Wildman–Crippen MR) is 88.7 cm³/mol. The molecule has 1 heterocycles. The average Bonchev–Trinajstić information content (AvgIpc) is 2.82. The average molecular weight is 302 g/mol. The SMILES string of the molecule is C/C=C/C(N)CC1CCN(Cc2ccc(C)cc2OC)C1=O. The van der Waals surface area contributed by atoms with E-state index in [4.69, 9.17) is 10.5 Å². The van der Waals surface area contributed by atoms with E-state index >= 15 is 0 Å². The molecule has 22 heavy (non-hydrogen) atoms. The fourth-order valence-corrected chi connectivity index (χ4v) is 3.02. The lowest BCUT2D eigenvalue weighted by Gasteiger charge is -2.19. The van der Waals surface area contributed by atoms with Crippen LogP contribution in [-0.4, -0.2) is 30.5 Å². The van der Waals surface area contributed by atoms with Gasteiger partial charge in [-0.25, -0.2) is 0 Å². The quantitative estimate of drug-likeness (QED) is 0.822. The van der Waals surface area contributed by atoms with Crippen LogP contribution in [0.3, 0.4) is 0 Å². The summed E-state index contributed by atoms with van der Waals surface area (Å²) in [5.74, 6) is 1.10. The molecule has 0 radical (unpaired) electrons. The molecule has 0 aromatic heterocycles. The van der Waals surface area contributed by atoms with Gasteiger partial charge in [-0.05, 0) is 38.3 Å². The zero-order valence-corrected chi connectivity index (χ0v) is 13.7. The highest BCUT2D eigenvalue weighted by Crippen LogP contribution is 2.27. The van der Waals surface area contributed by atoms with E-state index < -0.39 is 0 Å². The van der Waals surface area contributed by atoms with Crippen molar-refractivity contribution in [1.82, 2.24) is 4.90 Å². The van der Waals surface area contributed by atoms with Gasteiger partial charge >= 0.3 is 0 Å². The fraction of sp³-hybridized carbons (Fsp3) is 0.500. The highest BCUT2D eigenvalue weighted by molar-refractivity contribution is 5.81. The second-order valence-corrected chi connectivity index (χ2v) is 5.99. The first-order chi connectivity index (χ1) is 10.5. The van der Waals surface area contributed by atoms with Gasteiger partial charge in [-0.2, -0.15) is 0 Å². The molecule has 2 atom stereocenters. The molecule has 2 rings (SSSR count). The summed E-state index contributed by atoms with van der Waals surface area (Å²) in [5.41, 5.74) is 8.22. The first kappa shape index (κ1) is 16.6. The fourth-order valence-electron chi connectivity index (χ4n) is 3.02. The molecule has 1 aliphatic heterocycles. The lowest BCUT2D eigenvalue weighted by molar-refractivity contribution is -0.131. The Hall–Kier alpha value is -1.81. The number of nitrogens with two attached hydrogens (primary N) is 1. The summed E-state index contributed by atoms with van der Waals surface area (Å²) in [5, 5.41) is 0. The van der Waals surface area contributed by atoms with Crippen molar-refractivity contribution >= 4 is 5.91 Å². The van der Waals surface area contributed by atoms with Crippen LogP contribution in [0.5, 0.6) is 5.75 Å². The van der Waals surface area contributed by atoms with Crippen LogP contribution in [0, 0.1) is 12.8 Å². The third-order valence-corrected chi connectivity index (χ3v) is 4.21. The lowest BCUT2D eigenvalue weighted by Crippen LogP contribution is -2.30. The van der Waals surface area contributed by atoms with Gasteiger partial charge in [0.15, 0.2) is 0 Å². The van der Waals surface area contributed by atoms with Crippen LogP contribution in [0.2, 0.25) is 0 Å². The highest BCUT2D eigenvalue weighted by atomic mass is 16.5. The maximum Gasteiger partial charge on any atom is 0.226 e. The Balaban J connectivity index is 2.02. The van der Waals surface area contributed by atoms with Gasteiger partial charge in [-0.15, -0.1) is 0 Å². The molecular weight excluding hydrogens is 276 g/mol. The first-order valence-corrected chi connectivity index (χ1v) is 7.85. The summed E-state index contributed by atoms with van der Waals surface area (Å²) in [7, 11) is 1.67. The Morgan fingerprint density at radius 2 is 2.27 bits per heavy atom. The number of nitrogens with zero attached hydrogens (tertiary/aromatic N) is 1. The number of benzene rings is 1. The number of carbonyl (C=O) groups excluding carboxylic acids is 1. The molecule has 1 saturated heterocycles. The molecular formula is C18H26N2O2. The van der Waals surface area contributed by atoms with Gasteiger partial charge in [0, 0.05) is 30.6 Å². The van der Waals surface area contributed by atoms with E-state index in [0.29, 0.717) is 6.54 Å². The van der Waals surface area contributed by atoms with Gasteiger partial charge < -0.3 is 15.4 Å². The lowest BCUT2D eigenvalue weighted by atomic mass is 9.98. The summed E-state index contributed by atoms with van der Waals surface area (Å²) < 4.78 is 5.43. The van der Waals surface area contributed by atoms with E-state index in [0.717, 1.165) is 36.3 Å². The van der Waals surface area contributed by atoms with Crippen LogP contribution < -0.4 is 10.5 Å². The summed E-state index contributed by atoms with van der Waals surface area (Å²) >= 11 is 0. The van der Waals surface area contributed by atoms with Crippen LogP contribution in [0.15, 0.2) is 30.4 Å². The molecule has 1 amide bonds. The number of aryl methyl sites for hydroxylation is 1. The first-order valence-electron chi connectivity index (χ1n) is 7.85. The van der Waals surface area contributed by atoms with Crippen LogP contribution in [0.1, 0.15) is 30.9 Å². The Morgan fingerprint density at radius 1 is 1.50 bits per heavy atom. The van der Waals surface area contributed by atoms with E-state index in [1.54, 1.807) is 7.11 Å². The van der Waals surface area contributed by atoms with Gasteiger partial charge in [0.1, 0.15) is 5.75 Å². The zero-order chi connectivity index (χ0) is 16.1. The third-order valence-electron chi connectivity index (χ3n) is 4.21. The second kappa shape index (κ2) is 7.45. The molecule has 0 bridgehead atoms. The number of amides is 1. The molecule has 1 aliphatic rings. The smallest absolute Gasteiger partial charge is 0.226 e. The molecule has 1 aromatic carbocycles. The van der Waals surface area contributed by atoms with Crippen molar-refractivity contribution in [3.05, 3.63) is 41.5 Å². The molecule has 120 valence electrons. The molecule has 0 saturated carbocycles. The van der Waals surface area contributed by atoms with Crippen LogP contribution in [-0.2, 0) is 11.3 Å². The molecule has 4 nitrogen and oxygen atoms in total. The number of likely N-dealkylation sites (tertiary alicyclic amines) is 1. The van der Waals surface area contributed by atoms with E-state index in [2.05, 4.69) is 6.07 Å². The Kier molecular flexibility index (Phi) is 5.61. The van der Waals surface area contributed by atoms with Crippen molar-refractivity contribution in [3.8, 4) is 5.75 Å². The number of hydrogen-bond donors (Lipinski definition) is 1. The Labute approximate surface area is 132 Å². The van der Waals surface area contributed by atoms with Crippen LogP contribution in [0.25, 0.3) is 0 Å². The summed E-state index contributed by atoms with van der Waals surface area (Å²) in [6.45, 7) is 5.39. The van der Waals surface area contributed by atoms with Crippen molar-refractivity contribution in [2.24, 2.45) is 11.7 Å². The number of allylic oxidation sites excluding steroid dienone is 1. The van der Waals surface area contributed by atoms with Gasteiger partial charge in [-0.1, -0.05) is 24.3 Å². The minimum absolute atomic E-state index is 0.0344. The minimum Gasteiger partial charge on any atom is -0.496 e. The normalized spacial score (nSPS) is 19.9. The van der Waals surface area contributed by atoms with Gasteiger partial charge in [-0.3, -0.25) is 4.79 Å². The number of rotatable bonds is 6. The van der Waals surface area contributed by atoms with Gasteiger partial charge in [0.25, 0.3) is 0 Å². The van der Waals surface area contributed by atoms with E-state index in [1.807, 2.05) is 43.0 Å². The number of ether oxygens (including phenoxy) is 1. The van der Waals surface area contributed by atoms with Gasteiger partial charge in [0.2, 0.25) is 5.91 Å². The van der Waals surface area contributed by atoms with Crippen LogP contribution in [0.4, 0.5) is 0 Å².